The number of aryl methyl sites for hydroxylation is 1. The van der Waals surface area contributed by atoms with Gasteiger partial charge in [0.25, 0.3) is 5.56 Å². The second-order valence-corrected chi connectivity index (χ2v) is 6.91. The van der Waals surface area contributed by atoms with E-state index in [-0.39, 0.29) is 35.8 Å². The standard InChI is InChI=1S/C21H18F2N4O2/c22-16-6-5-14(11-17(16)23)20-24-21(29)18(25-26-20)7-8-19(28)27-10-9-13-3-1-2-4-15(13)12-27/h1-6,11H,7-10,12H2,(H,24,26,29). The van der Waals surface area contributed by atoms with Crippen LogP contribution in [0.25, 0.3) is 11.4 Å². The molecule has 4 rings (SSSR count). The van der Waals surface area contributed by atoms with Crippen molar-refractivity contribution < 1.29 is 13.6 Å². The molecule has 8 heteroatoms. The maximum atomic E-state index is 13.4. The molecule has 0 spiro atoms. The number of H-pyrrole nitrogens is 1. The maximum absolute atomic E-state index is 13.4. The van der Waals surface area contributed by atoms with E-state index in [1.807, 2.05) is 18.2 Å². The van der Waals surface area contributed by atoms with Gasteiger partial charge in [0, 0.05) is 31.5 Å². The van der Waals surface area contributed by atoms with Gasteiger partial charge in [-0.1, -0.05) is 24.3 Å². The molecule has 6 nitrogen and oxygen atoms in total. The molecule has 0 atom stereocenters. The first-order chi connectivity index (χ1) is 14.0. The molecule has 0 bridgehead atoms. The van der Waals surface area contributed by atoms with Crippen LogP contribution in [0.5, 0.6) is 0 Å². The molecule has 0 radical (unpaired) electrons. The molecule has 1 aromatic heterocycles. The Morgan fingerprint density at radius 3 is 2.62 bits per heavy atom. The lowest BCUT2D eigenvalue weighted by atomic mass is 9.99. The Labute approximate surface area is 165 Å². The highest BCUT2D eigenvalue weighted by Gasteiger charge is 2.20. The van der Waals surface area contributed by atoms with E-state index in [0.717, 1.165) is 24.1 Å². The highest BCUT2D eigenvalue weighted by Crippen LogP contribution is 2.19. The summed E-state index contributed by atoms with van der Waals surface area (Å²) in [5.41, 5.74) is 2.23. The van der Waals surface area contributed by atoms with Crippen molar-refractivity contribution in [1.29, 1.82) is 0 Å². The van der Waals surface area contributed by atoms with Crippen LogP contribution in [-0.4, -0.2) is 32.5 Å². The molecule has 1 aliphatic heterocycles. The van der Waals surface area contributed by atoms with Gasteiger partial charge in [0.05, 0.1) is 0 Å². The predicted molar refractivity (Wildman–Crippen MR) is 102 cm³/mol. The van der Waals surface area contributed by atoms with Crippen LogP contribution in [-0.2, 0) is 24.2 Å². The van der Waals surface area contributed by atoms with Crippen LogP contribution in [0.4, 0.5) is 8.78 Å². The summed E-state index contributed by atoms with van der Waals surface area (Å²) in [5, 5.41) is 7.76. The number of nitrogens with zero attached hydrogens (tertiary/aromatic N) is 3. The summed E-state index contributed by atoms with van der Waals surface area (Å²) in [6.07, 6.45) is 1.10. The lowest BCUT2D eigenvalue weighted by Crippen LogP contribution is -2.36. The number of carbonyl (C=O) groups is 1. The van der Waals surface area contributed by atoms with Crippen LogP contribution in [0.3, 0.4) is 0 Å². The van der Waals surface area contributed by atoms with Crippen LogP contribution < -0.4 is 5.56 Å². The molecule has 3 aromatic rings. The number of aromatic nitrogens is 3. The normalized spacial score (nSPS) is 13.2. The molecule has 0 saturated carbocycles. The molecular formula is C21H18F2N4O2. The minimum Gasteiger partial charge on any atom is -0.338 e. The Kier molecular flexibility index (Phi) is 5.16. The summed E-state index contributed by atoms with van der Waals surface area (Å²) in [6.45, 7) is 1.21. The van der Waals surface area contributed by atoms with E-state index in [9.17, 15) is 18.4 Å². The summed E-state index contributed by atoms with van der Waals surface area (Å²) in [5.74, 6) is -2.04. The van der Waals surface area contributed by atoms with E-state index in [4.69, 9.17) is 0 Å². The van der Waals surface area contributed by atoms with E-state index in [1.54, 1.807) is 4.90 Å². The van der Waals surface area contributed by atoms with Crippen LogP contribution in [0, 0.1) is 11.6 Å². The van der Waals surface area contributed by atoms with Crippen LogP contribution in [0.1, 0.15) is 23.2 Å². The van der Waals surface area contributed by atoms with Crippen LogP contribution in [0.2, 0.25) is 0 Å². The van der Waals surface area contributed by atoms with Crippen LogP contribution >= 0.6 is 0 Å². The third kappa shape index (κ3) is 4.06. The number of nitrogens with one attached hydrogen (secondary N) is 1. The average molecular weight is 396 g/mol. The van der Waals surface area contributed by atoms with Gasteiger partial charge >= 0.3 is 0 Å². The molecule has 1 aliphatic rings. The monoisotopic (exact) mass is 396 g/mol. The topological polar surface area (TPSA) is 79.0 Å². The molecule has 0 fully saturated rings. The number of aromatic amines is 1. The molecule has 0 unspecified atom stereocenters. The smallest absolute Gasteiger partial charge is 0.273 e. The van der Waals surface area contributed by atoms with Gasteiger partial charge < -0.3 is 9.88 Å². The van der Waals surface area contributed by atoms with Gasteiger partial charge in [0.1, 0.15) is 5.69 Å². The first kappa shape index (κ1) is 18.9. The summed E-state index contributed by atoms with van der Waals surface area (Å²) in [4.78, 5) is 29.1. The van der Waals surface area contributed by atoms with Crippen LogP contribution in [0.15, 0.2) is 47.3 Å². The predicted octanol–water partition coefficient (Wildman–Crippen LogP) is 2.63. The zero-order valence-electron chi connectivity index (χ0n) is 15.5. The van der Waals surface area contributed by atoms with Crippen molar-refractivity contribution >= 4 is 5.91 Å². The molecule has 29 heavy (non-hydrogen) atoms. The molecule has 1 N–H and O–H groups in total. The van der Waals surface area contributed by atoms with Gasteiger partial charge in [0.15, 0.2) is 17.5 Å². The summed E-state index contributed by atoms with van der Waals surface area (Å²) < 4.78 is 26.4. The molecule has 0 aliphatic carbocycles. The number of benzene rings is 2. The molecule has 2 heterocycles. The second kappa shape index (κ2) is 7.90. The Balaban J connectivity index is 1.42. The quantitative estimate of drug-likeness (QED) is 0.735. The molecule has 148 valence electrons. The third-order valence-electron chi connectivity index (χ3n) is 5.02. The zero-order chi connectivity index (χ0) is 20.4. The number of rotatable bonds is 4. The first-order valence-electron chi connectivity index (χ1n) is 9.27. The van der Waals surface area contributed by atoms with Gasteiger partial charge in [-0.3, -0.25) is 9.59 Å². The number of halogens is 2. The van der Waals surface area contributed by atoms with Crippen molar-refractivity contribution in [3.8, 4) is 11.4 Å². The Morgan fingerprint density at radius 2 is 1.86 bits per heavy atom. The summed E-state index contributed by atoms with van der Waals surface area (Å²) in [7, 11) is 0. The lowest BCUT2D eigenvalue weighted by molar-refractivity contribution is -0.132. The van der Waals surface area contributed by atoms with Crippen molar-refractivity contribution in [3.05, 3.63) is 81.3 Å². The highest BCUT2D eigenvalue weighted by atomic mass is 19.2. The van der Waals surface area contributed by atoms with Gasteiger partial charge in [-0.25, -0.2) is 8.78 Å². The van der Waals surface area contributed by atoms with Crippen molar-refractivity contribution in [1.82, 2.24) is 20.1 Å². The van der Waals surface area contributed by atoms with Gasteiger partial charge in [-0.2, -0.15) is 0 Å². The molecule has 0 saturated heterocycles. The number of hydrogen-bond acceptors (Lipinski definition) is 4. The van der Waals surface area contributed by atoms with E-state index in [1.165, 1.54) is 11.6 Å². The van der Waals surface area contributed by atoms with Crippen molar-refractivity contribution in [2.45, 2.75) is 25.8 Å². The fourth-order valence-corrected chi connectivity index (χ4v) is 3.39. The maximum Gasteiger partial charge on any atom is 0.273 e. The van der Waals surface area contributed by atoms with E-state index in [0.29, 0.717) is 13.1 Å². The minimum absolute atomic E-state index is 0.0385. The van der Waals surface area contributed by atoms with Crippen molar-refractivity contribution in [3.63, 3.8) is 0 Å². The summed E-state index contributed by atoms with van der Waals surface area (Å²) >= 11 is 0. The lowest BCUT2D eigenvalue weighted by Gasteiger charge is -2.28. The van der Waals surface area contributed by atoms with Crippen molar-refractivity contribution in [2.75, 3.05) is 6.54 Å². The SMILES string of the molecule is O=C(CCc1nnc(-c2ccc(F)c(F)c2)[nH]c1=O)N1CCc2ccccc2C1. The highest BCUT2D eigenvalue weighted by molar-refractivity contribution is 5.76. The number of fused-ring (bicyclic) bond motifs is 1. The van der Waals surface area contributed by atoms with E-state index >= 15 is 0 Å². The summed E-state index contributed by atoms with van der Waals surface area (Å²) in [6, 6.07) is 11.2. The average Bonchev–Trinajstić information content (AvgIpc) is 2.74. The third-order valence-corrected chi connectivity index (χ3v) is 5.02. The largest absolute Gasteiger partial charge is 0.338 e. The number of carbonyl (C=O) groups excluding carboxylic acids is 1. The molecular weight excluding hydrogens is 378 g/mol. The van der Waals surface area contributed by atoms with Gasteiger partial charge in [-0.15, -0.1) is 10.2 Å². The Bertz CT molecular complexity index is 1130. The first-order valence-corrected chi connectivity index (χ1v) is 9.27. The zero-order valence-corrected chi connectivity index (χ0v) is 15.5. The second-order valence-electron chi connectivity index (χ2n) is 6.91. The minimum atomic E-state index is -1.04. The van der Waals surface area contributed by atoms with E-state index < -0.39 is 17.2 Å². The molecule has 2 aromatic carbocycles. The van der Waals surface area contributed by atoms with Gasteiger partial charge in [0.2, 0.25) is 5.91 Å². The van der Waals surface area contributed by atoms with E-state index in [2.05, 4.69) is 21.2 Å². The Hall–Kier alpha value is -3.42. The fourth-order valence-electron chi connectivity index (χ4n) is 3.39. The molecule has 1 amide bonds. The fraction of sp³-hybridized carbons (Fsp3) is 0.238. The number of amides is 1. The number of hydrogen-bond donors (Lipinski definition) is 1. The van der Waals surface area contributed by atoms with Crippen molar-refractivity contribution in [2.24, 2.45) is 0 Å². The van der Waals surface area contributed by atoms with Gasteiger partial charge in [-0.05, 0) is 35.7 Å². The Morgan fingerprint density at radius 1 is 1.07 bits per heavy atom.